The Morgan fingerprint density at radius 3 is 2.12 bits per heavy atom. The van der Waals surface area contributed by atoms with Crippen LogP contribution in [0.3, 0.4) is 0 Å². The summed E-state index contributed by atoms with van der Waals surface area (Å²) in [5.74, 6) is 0. The van der Waals surface area contributed by atoms with Crippen LogP contribution in [0.5, 0.6) is 0 Å². The molecule has 1 N–H and O–H groups in total. The minimum Gasteiger partial charge on any atom is -0.453 e. The summed E-state index contributed by atoms with van der Waals surface area (Å²) in [5.41, 5.74) is 7.53. The SMILES string of the molecule is c1ccc(-n2c3ccccc3c3ccc4c5ccc6[nH]c7ccccc7c6c5oc4c32)cc1. The van der Waals surface area contributed by atoms with Crippen LogP contribution in [0.15, 0.2) is 108 Å². The van der Waals surface area contributed by atoms with Crippen LogP contribution in [0.4, 0.5) is 0 Å². The lowest BCUT2D eigenvalue weighted by atomic mass is 10.1. The van der Waals surface area contributed by atoms with Crippen LogP contribution >= 0.6 is 0 Å². The molecular formula is C30H18N2O. The number of hydrogen-bond acceptors (Lipinski definition) is 1. The number of fused-ring (bicyclic) bond motifs is 11. The van der Waals surface area contributed by atoms with Gasteiger partial charge in [0, 0.05) is 38.1 Å². The highest BCUT2D eigenvalue weighted by atomic mass is 16.3. The monoisotopic (exact) mass is 422 g/mol. The van der Waals surface area contributed by atoms with Crippen molar-refractivity contribution in [2.24, 2.45) is 0 Å². The number of rotatable bonds is 1. The van der Waals surface area contributed by atoms with Crippen LogP contribution in [0, 0.1) is 0 Å². The second-order valence-electron chi connectivity index (χ2n) is 8.66. The van der Waals surface area contributed by atoms with Gasteiger partial charge < -0.3 is 14.0 Å². The molecule has 3 aromatic heterocycles. The topological polar surface area (TPSA) is 33.9 Å². The Balaban J connectivity index is 1.63. The van der Waals surface area contributed by atoms with Gasteiger partial charge in [-0.2, -0.15) is 0 Å². The average molecular weight is 422 g/mol. The van der Waals surface area contributed by atoms with Gasteiger partial charge >= 0.3 is 0 Å². The van der Waals surface area contributed by atoms with Crippen LogP contribution in [0.25, 0.3) is 71.2 Å². The minimum atomic E-state index is 0.931. The normalized spacial score (nSPS) is 12.2. The maximum atomic E-state index is 6.80. The van der Waals surface area contributed by atoms with Gasteiger partial charge in [-0.1, -0.05) is 60.7 Å². The van der Waals surface area contributed by atoms with Gasteiger partial charge in [-0.25, -0.2) is 0 Å². The molecule has 0 fully saturated rings. The van der Waals surface area contributed by atoms with E-state index in [4.69, 9.17) is 4.42 Å². The summed E-state index contributed by atoms with van der Waals surface area (Å²) in [6, 6.07) is 36.4. The molecule has 0 bridgehead atoms. The van der Waals surface area contributed by atoms with E-state index in [1.807, 2.05) is 0 Å². The second kappa shape index (κ2) is 6.05. The largest absolute Gasteiger partial charge is 0.453 e. The highest BCUT2D eigenvalue weighted by Gasteiger charge is 2.20. The number of para-hydroxylation sites is 3. The zero-order valence-corrected chi connectivity index (χ0v) is 17.7. The number of aromatic amines is 1. The third kappa shape index (κ3) is 2.14. The molecule has 0 aliphatic carbocycles. The molecule has 0 saturated carbocycles. The molecule has 8 rings (SSSR count). The Morgan fingerprint density at radius 1 is 0.515 bits per heavy atom. The molecule has 154 valence electrons. The van der Waals surface area contributed by atoms with E-state index in [1.165, 1.54) is 21.7 Å². The quantitative estimate of drug-likeness (QED) is 0.283. The number of benzene rings is 5. The van der Waals surface area contributed by atoms with Gasteiger partial charge in [-0.05, 0) is 42.5 Å². The maximum Gasteiger partial charge on any atom is 0.160 e. The molecule has 0 aliphatic rings. The third-order valence-electron chi connectivity index (χ3n) is 6.92. The van der Waals surface area contributed by atoms with Crippen molar-refractivity contribution in [3.05, 3.63) is 103 Å². The number of nitrogens with one attached hydrogen (secondary N) is 1. The summed E-state index contributed by atoms with van der Waals surface area (Å²) in [4.78, 5) is 3.55. The maximum absolute atomic E-state index is 6.80. The molecule has 3 heteroatoms. The smallest absolute Gasteiger partial charge is 0.160 e. The van der Waals surface area contributed by atoms with Crippen molar-refractivity contribution in [1.82, 2.24) is 9.55 Å². The molecule has 0 amide bonds. The minimum absolute atomic E-state index is 0.931. The van der Waals surface area contributed by atoms with Gasteiger partial charge in [0.2, 0.25) is 0 Å². The molecule has 0 aliphatic heterocycles. The van der Waals surface area contributed by atoms with Crippen molar-refractivity contribution < 1.29 is 4.42 Å². The summed E-state index contributed by atoms with van der Waals surface area (Å²) >= 11 is 0. The lowest BCUT2D eigenvalue weighted by Gasteiger charge is -2.07. The van der Waals surface area contributed by atoms with E-state index in [-0.39, 0.29) is 0 Å². The Morgan fingerprint density at radius 2 is 1.21 bits per heavy atom. The van der Waals surface area contributed by atoms with Gasteiger partial charge in [0.25, 0.3) is 0 Å². The van der Waals surface area contributed by atoms with E-state index >= 15 is 0 Å². The van der Waals surface area contributed by atoms with Gasteiger partial charge in [-0.15, -0.1) is 0 Å². The molecule has 5 aromatic carbocycles. The fraction of sp³-hybridized carbons (Fsp3) is 0. The van der Waals surface area contributed by atoms with Crippen LogP contribution in [-0.4, -0.2) is 9.55 Å². The Labute approximate surface area is 188 Å². The van der Waals surface area contributed by atoms with Crippen molar-refractivity contribution in [1.29, 1.82) is 0 Å². The van der Waals surface area contributed by atoms with Gasteiger partial charge in [0.15, 0.2) is 5.58 Å². The number of nitrogens with zero attached hydrogens (tertiary/aromatic N) is 1. The Hall–Kier alpha value is -4.50. The molecule has 0 radical (unpaired) electrons. The summed E-state index contributed by atoms with van der Waals surface area (Å²) in [5, 5.41) is 7.07. The van der Waals surface area contributed by atoms with Crippen LogP contribution in [0.1, 0.15) is 0 Å². The number of hydrogen-bond donors (Lipinski definition) is 1. The number of H-pyrrole nitrogens is 1. The molecule has 3 heterocycles. The van der Waals surface area contributed by atoms with Crippen LogP contribution in [0.2, 0.25) is 0 Å². The molecule has 33 heavy (non-hydrogen) atoms. The van der Waals surface area contributed by atoms with E-state index < -0.39 is 0 Å². The lowest BCUT2D eigenvalue weighted by Crippen LogP contribution is -1.93. The summed E-state index contributed by atoms with van der Waals surface area (Å²) in [6.07, 6.45) is 0. The summed E-state index contributed by atoms with van der Waals surface area (Å²) < 4.78 is 9.13. The molecular weight excluding hydrogens is 404 g/mol. The van der Waals surface area contributed by atoms with Crippen molar-refractivity contribution in [3.63, 3.8) is 0 Å². The summed E-state index contributed by atoms with van der Waals surface area (Å²) in [7, 11) is 0. The highest BCUT2D eigenvalue weighted by molar-refractivity contribution is 6.27. The third-order valence-corrected chi connectivity index (χ3v) is 6.92. The zero-order valence-electron chi connectivity index (χ0n) is 17.7. The fourth-order valence-corrected chi connectivity index (χ4v) is 5.52. The first-order chi connectivity index (χ1) is 16.4. The Kier molecular flexibility index (Phi) is 3.14. The van der Waals surface area contributed by atoms with Crippen LogP contribution < -0.4 is 0 Å². The van der Waals surface area contributed by atoms with Gasteiger partial charge in [-0.3, -0.25) is 0 Å². The van der Waals surface area contributed by atoms with E-state index in [0.29, 0.717) is 0 Å². The number of aromatic nitrogens is 2. The molecule has 0 saturated heterocycles. The van der Waals surface area contributed by atoms with E-state index in [2.05, 4.69) is 113 Å². The molecule has 0 unspecified atom stereocenters. The lowest BCUT2D eigenvalue weighted by molar-refractivity contribution is 0.675. The average Bonchev–Trinajstić information content (AvgIpc) is 3.53. The van der Waals surface area contributed by atoms with Crippen molar-refractivity contribution >= 4 is 65.6 Å². The molecule has 0 atom stereocenters. The standard InChI is InChI=1S/C30H18N2O/c1-2-8-18(9-3-1)32-26-13-7-5-10-19(26)20-14-15-22-21-16-17-25-27(29(21)33-30(22)28(20)32)23-11-4-6-12-24(23)31-25/h1-17,31H. The first kappa shape index (κ1) is 17.1. The first-order valence-electron chi connectivity index (χ1n) is 11.2. The number of furan rings is 1. The van der Waals surface area contributed by atoms with E-state index in [1.54, 1.807) is 0 Å². The predicted octanol–water partition coefficient (Wildman–Crippen LogP) is 8.32. The molecule has 8 aromatic rings. The van der Waals surface area contributed by atoms with Gasteiger partial charge in [0.05, 0.1) is 21.9 Å². The van der Waals surface area contributed by atoms with E-state index in [0.717, 1.165) is 49.6 Å². The van der Waals surface area contributed by atoms with E-state index in [9.17, 15) is 0 Å². The van der Waals surface area contributed by atoms with Gasteiger partial charge in [0.1, 0.15) is 5.58 Å². The van der Waals surface area contributed by atoms with Crippen molar-refractivity contribution in [3.8, 4) is 5.69 Å². The molecule has 3 nitrogen and oxygen atoms in total. The predicted molar refractivity (Wildman–Crippen MR) is 137 cm³/mol. The summed E-state index contributed by atoms with van der Waals surface area (Å²) in [6.45, 7) is 0. The van der Waals surface area contributed by atoms with Crippen LogP contribution in [-0.2, 0) is 0 Å². The zero-order chi connectivity index (χ0) is 21.5. The fourth-order valence-electron chi connectivity index (χ4n) is 5.52. The molecule has 0 spiro atoms. The van der Waals surface area contributed by atoms with Crippen molar-refractivity contribution in [2.45, 2.75) is 0 Å². The Bertz CT molecular complexity index is 2020. The first-order valence-corrected chi connectivity index (χ1v) is 11.2. The highest BCUT2D eigenvalue weighted by Crippen LogP contribution is 2.42. The van der Waals surface area contributed by atoms with Crippen molar-refractivity contribution in [2.75, 3.05) is 0 Å². The second-order valence-corrected chi connectivity index (χ2v) is 8.66.